The van der Waals surface area contributed by atoms with Crippen molar-refractivity contribution in [3.8, 4) is 0 Å². The summed E-state index contributed by atoms with van der Waals surface area (Å²) in [4.78, 5) is 25.9. The zero-order valence-corrected chi connectivity index (χ0v) is 12.7. The molecule has 2 atom stereocenters. The maximum absolute atomic E-state index is 12.7. The minimum absolute atomic E-state index is 0.0595. The molecular weight excluding hydrogens is 256 g/mol. The quantitative estimate of drug-likeness (QED) is 0.822. The maximum atomic E-state index is 12.7. The minimum Gasteiger partial charge on any atom is -0.481 e. The van der Waals surface area contributed by atoms with Gasteiger partial charge in [-0.3, -0.25) is 9.59 Å². The third kappa shape index (κ3) is 2.55. The van der Waals surface area contributed by atoms with Crippen molar-refractivity contribution in [1.82, 2.24) is 10.2 Å². The first-order valence-corrected chi connectivity index (χ1v) is 7.58. The first kappa shape index (κ1) is 15.3. The van der Waals surface area contributed by atoms with Crippen LogP contribution in [0.25, 0.3) is 0 Å². The van der Waals surface area contributed by atoms with E-state index in [0.29, 0.717) is 25.9 Å². The highest BCUT2D eigenvalue weighted by molar-refractivity contribution is 5.85. The molecule has 114 valence electrons. The molecule has 2 fully saturated rings. The van der Waals surface area contributed by atoms with Gasteiger partial charge in [-0.1, -0.05) is 20.8 Å². The van der Waals surface area contributed by atoms with E-state index in [1.807, 2.05) is 6.92 Å². The number of amides is 1. The van der Waals surface area contributed by atoms with E-state index < -0.39 is 11.4 Å². The molecule has 0 aromatic rings. The molecular formula is C15H26N2O3. The molecule has 0 aromatic carbocycles. The lowest BCUT2D eigenvalue weighted by atomic mass is 9.77. The van der Waals surface area contributed by atoms with Crippen LogP contribution in [0.5, 0.6) is 0 Å². The monoisotopic (exact) mass is 282 g/mol. The smallest absolute Gasteiger partial charge is 0.311 e. The van der Waals surface area contributed by atoms with Crippen molar-refractivity contribution in [2.75, 3.05) is 19.6 Å². The number of aliphatic carboxylic acids is 1. The highest BCUT2D eigenvalue weighted by atomic mass is 16.4. The number of rotatable bonds is 3. The van der Waals surface area contributed by atoms with Crippen LogP contribution in [0.4, 0.5) is 0 Å². The van der Waals surface area contributed by atoms with Gasteiger partial charge in [0.15, 0.2) is 0 Å². The number of hydrogen-bond acceptors (Lipinski definition) is 3. The molecule has 5 heteroatoms. The summed E-state index contributed by atoms with van der Waals surface area (Å²) in [6.45, 7) is 7.90. The van der Waals surface area contributed by atoms with Crippen LogP contribution in [0.15, 0.2) is 0 Å². The fourth-order valence-electron chi connectivity index (χ4n) is 3.49. The van der Waals surface area contributed by atoms with E-state index in [1.54, 1.807) is 4.90 Å². The summed E-state index contributed by atoms with van der Waals surface area (Å²) < 4.78 is 0. The fraction of sp³-hybridized carbons (Fsp3) is 0.867. The van der Waals surface area contributed by atoms with Crippen LogP contribution >= 0.6 is 0 Å². The van der Waals surface area contributed by atoms with E-state index in [4.69, 9.17) is 0 Å². The predicted molar refractivity (Wildman–Crippen MR) is 76.4 cm³/mol. The number of likely N-dealkylation sites (tertiary alicyclic amines) is 1. The van der Waals surface area contributed by atoms with E-state index in [2.05, 4.69) is 19.2 Å². The van der Waals surface area contributed by atoms with Gasteiger partial charge in [0.2, 0.25) is 5.91 Å². The van der Waals surface area contributed by atoms with Crippen LogP contribution in [0.3, 0.4) is 0 Å². The Bertz CT molecular complexity index is 408. The Morgan fingerprint density at radius 3 is 2.55 bits per heavy atom. The molecule has 0 bridgehead atoms. The molecule has 0 saturated carbocycles. The summed E-state index contributed by atoms with van der Waals surface area (Å²) >= 11 is 0. The summed E-state index contributed by atoms with van der Waals surface area (Å²) in [6, 6.07) is -0.183. The molecule has 20 heavy (non-hydrogen) atoms. The van der Waals surface area contributed by atoms with Gasteiger partial charge in [-0.2, -0.15) is 0 Å². The molecule has 2 aliphatic heterocycles. The second kappa shape index (κ2) is 5.35. The van der Waals surface area contributed by atoms with Gasteiger partial charge in [-0.05, 0) is 37.6 Å². The van der Waals surface area contributed by atoms with Gasteiger partial charge in [0.1, 0.15) is 0 Å². The molecule has 2 rings (SSSR count). The van der Waals surface area contributed by atoms with Gasteiger partial charge < -0.3 is 15.3 Å². The SMILES string of the molecule is CCC1(C(=O)O)CCN(C(=O)C2NCCCC2(C)C)C1. The van der Waals surface area contributed by atoms with Gasteiger partial charge in [-0.15, -0.1) is 0 Å². The van der Waals surface area contributed by atoms with E-state index in [9.17, 15) is 14.7 Å². The van der Waals surface area contributed by atoms with Crippen LogP contribution < -0.4 is 5.32 Å². The maximum Gasteiger partial charge on any atom is 0.311 e. The summed E-state index contributed by atoms with van der Waals surface area (Å²) in [5.41, 5.74) is -0.801. The molecule has 2 N–H and O–H groups in total. The normalized spacial score (nSPS) is 33.1. The molecule has 1 amide bonds. The van der Waals surface area contributed by atoms with Crippen LogP contribution in [-0.4, -0.2) is 47.6 Å². The van der Waals surface area contributed by atoms with Gasteiger partial charge in [0.05, 0.1) is 11.5 Å². The number of carbonyl (C=O) groups is 2. The van der Waals surface area contributed by atoms with Crippen LogP contribution in [0.1, 0.15) is 46.5 Å². The fourth-order valence-corrected chi connectivity index (χ4v) is 3.49. The Morgan fingerprint density at radius 2 is 2.05 bits per heavy atom. The van der Waals surface area contributed by atoms with Crippen molar-refractivity contribution in [3.63, 3.8) is 0 Å². The summed E-state index contributed by atoms with van der Waals surface area (Å²) in [5, 5.41) is 12.7. The third-order valence-corrected chi connectivity index (χ3v) is 5.17. The molecule has 2 heterocycles. The van der Waals surface area contributed by atoms with Crippen molar-refractivity contribution < 1.29 is 14.7 Å². The van der Waals surface area contributed by atoms with Crippen molar-refractivity contribution in [1.29, 1.82) is 0 Å². The first-order valence-electron chi connectivity index (χ1n) is 7.58. The number of hydrogen-bond donors (Lipinski definition) is 2. The molecule has 0 radical (unpaired) electrons. The number of carbonyl (C=O) groups excluding carboxylic acids is 1. The number of piperidine rings is 1. The van der Waals surface area contributed by atoms with Gasteiger partial charge in [-0.25, -0.2) is 0 Å². The van der Waals surface area contributed by atoms with E-state index in [-0.39, 0.29) is 17.4 Å². The zero-order valence-electron chi connectivity index (χ0n) is 12.7. The standard InChI is InChI=1S/C15H26N2O3/c1-4-15(13(19)20)7-9-17(10-15)12(18)11-14(2,3)6-5-8-16-11/h11,16H,4-10H2,1-3H3,(H,19,20). The highest BCUT2D eigenvalue weighted by Crippen LogP contribution is 2.37. The molecule has 0 spiro atoms. The first-order chi connectivity index (χ1) is 9.32. The average Bonchev–Trinajstić information content (AvgIpc) is 2.83. The van der Waals surface area contributed by atoms with Crippen molar-refractivity contribution in [3.05, 3.63) is 0 Å². The topological polar surface area (TPSA) is 69.6 Å². The van der Waals surface area contributed by atoms with E-state index in [0.717, 1.165) is 19.4 Å². The second-order valence-corrected chi connectivity index (χ2v) is 6.93. The van der Waals surface area contributed by atoms with Gasteiger partial charge >= 0.3 is 5.97 Å². The Morgan fingerprint density at radius 1 is 1.35 bits per heavy atom. The Kier molecular flexibility index (Phi) is 4.09. The number of carboxylic acids is 1. The Labute approximate surface area is 120 Å². The average molecular weight is 282 g/mol. The lowest BCUT2D eigenvalue weighted by Crippen LogP contribution is -2.56. The van der Waals surface area contributed by atoms with E-state index in [1.165, 1.54) is 0 Å². The van der Waals surface area contributed by atoms with Crippen molar-refractivity contribution >= 4 is 11.9 Å². The minimum atomic E-state index is -0.772. The van der Waals surface area contributed by atoms with Crippen LogP contribution in [0.2, 0.25) is 0 Å². The molecule has 2 unspecified atom stereocenters. The molecule has 0 aliphatic carbocycles. The molecule has 5 nitrogen and oxygen atoms in total. The van der Waals surface area contributed by atoms with Crippen LogP contribution in [0, 0.1) is 10.8 Å². The van der Waals surface area contributed by atoms with Gasteiger partial charge in [0.25, 0.3) is 0 Å². The number of nitrogens with zero attached hydrogens (tertiary/aromatic N) is 1. The predicted octanol–water partition coefficient (Wildman–Crippen LogP) is 1.48. The van der Waals surface area contributed by atoms with Crippen molar-refractivity contribution in [2.24, 2.45) is 10.8 Å². The highest BCUT2D eigenvalue weighted by Gasteiger charge is 2.47. The summed E-state index contributed by atoms with van der Waals surface area (Å²) in [5.74, 6) is -0.697. The van der Waals surface area contributed by atoms with Gasteiger partial charge in [0, 0.05) is 13.1 Å². The lowest BCUT2D eigenvalue weighted by molar-refractivity contribution is -0.149. The number of nitrogens with one attached hydrogen (secondary N) is 1. The second-order valence-electron chi connectivity index (χ2n) is 6.93. The molecule has 2 aliphatic rings. The lowest BCUT2D eigenvalue weighted by Gasteiger charge is -2.40. The van der Waals surface area contributed by atoms with Crippen molar-refractivity contribution in [2.45, 2.75) is 52.5 Å². The number of carboxylic acid groups (broad SMARTS) is 1. The molecule has 0 aromatic heterocycles. The third-order valence-electron chi connectivity index (χ3n) is 5.17. The summed E-state index contributed by atoms with van der Waals surface area (Å²) in [7, 11) is 0. The molecule has 2 saturated heterocycles. The van der Waals surface area contributed by atoms with E-state index >= 15 is 0 Å². The summed E-state index contributed by atoms with van der Waals surface area (Å²) in [6.07, 6.45) is 3.26. The Hall–Kier alpha value is -1.10. The zero-order chi connectivity index (χ0) is 15.0. The van der Waals surface area contributed by atoms with Crippen LogP contribution in [-0.2, 0) is 9.59 Å². The Balaban J connectivity index is 2.09. The largest absolute Gasteiger partial charge is 0.481 e.